The molecular formula is C14H16N4S. The summed E-state index contributed by atoms with van der Waals surface area (Å²) in [5.74, 6) is 0. The maximum atomic E-state index is 4.59. The van der Waals surface area contributed by atoms with E-state index in [1.54, 1.807) is 11.3 Å². The van der Waals surface area contributed by atoms with Crippen molar-refractivity contribution in [2.75, 3.05) is 0 Å². The lowest BCUT2D eigenvalue weighted by Crippen LogP contribution is -2.15. The van der Waals surface area contributed by atoms with E-state index in [2.05, 4.69) is 38.9 Å². The number of nitrogens with zero attached hydrogens (tertiary/aromatic N) is 3. The lowest BCUT2D eigenvalue weighted by molar-refractivity contribution is 0.670. The van der Waals surface area contributed by atoms with Gasteiger partial charge in [-0.15, -0.1) is 11.3 Å². The van der Waals surface area contributed by atoms with Crippen molar-refractivity contribution in [1.82, 2.24) is 19.7 Å². The average molecular weight is 272 g/mol. The number of hydrogen-bond donors (Lipinski definition) is 1. The second-order valence-electron chi connectivity index (χ2n) is 4.60. The second kappa shape index (κ2) is 5.11. The van der Waals surface area contributed by atoms with Gasteiger partial charge in [0, 0.05) is 36.6 Å². The number of rotatable bonds is 4. The summed E-state index contributed by atoms with van der Waals surface area (Å²) in [7, 11) is 0. The lowest BCUT2D eigenvalue weighted by atomic mass is 10.2. The Kier molecular flexibility index (Phi) is 3.31. The van der Waals surface area contributed by atoms with Crippen LogP contribution in [-0.4, -0.2) is 14.4 Å². The molecule has 3 aromatic heterocycles. The van der Waals surface area contributed by atoms with Crippen LogP contribution in [0, 0.1) is 13.8 Å². The minimum absolute atomic E-state index is 0.826. The minimum atomic E-state index is 0.826. The van der Waals surface area contributed by atoms with Crippen LogP contribution in [0.5, 0.6) is 0 Å². The van der Waals surface area contributed by atoms with Gasteiger partial charge in [-0.05, 0) is 31.5 Å². The van der Waals surface area contributed by atoms with Crippen molar-refractivity contribution in [1.29, 1.82) is 0 Å². The highest BCUT2D eigenvalue weighted by atomic mass is 32.1. The highest BCUT2D eigenvalue weighted by molar-refractivity contribution is 7.15. The zero-order valence-corrected chi connectivity index (χ0v) is 11.9. The van der Waals surface area contributed by atoms with Crippen LogP contribution in [-0.2, 0) is 13.1 Å². The number of fused-ring (bicyclic) bond motifs is 1. The highest BCUT2D eigenvalue weighted by Crippen LogP contribution is 2.20. The van der Waals surface area contributed by atoms with Crippen molar-refractivity contribution in [2.24, 2.45) is 0 Å². The van der Waals surface area contributed by atoms with Crippen molar-refractivity contribution in [2.45, 2.75) is 26.9 Å². The number of aryl methyl sites for hydroxylation is 2. The molecule has 0 aliphatic heterocycles. The summed E-state index contributed by atoms with van der Waals surface area (Å²) in [5.41, 5.74) is 4.86. The lowest BCUT2D eigenvalue weighted by Gasteiger charge is -2.06. The van der Waals surface area contributed by atoms with Crippen LogP contribution in [0.1, 0.15) is 22.6 Å². The van der Waals surface area contributed by atoms with Crippen molar-refractivity contribution >= 4 is 16.3 Å². The molecule has 0 atom stereocenters. The molecule has 0 spiro atoms. The topological polar surface area (TPSA) is 42.2 Å². The van der Waals surface area contributed by atoms with Crippen molar-refractivity contribution < 1.29 is 0 Å². The molecule has 0 aliphatic rings. The summed E-state index contributed by atoms with van der Waals surface area (Å²) in [6.07, 6.45) is 3.64. The monoisotopic (exact) mass is 272 g/mol. The second-order valence-corrected chi connectivity index (χ2v) is 5.43. The van der Waals surface area contributed by atoms with E-state index in [4.69, 9.17) is 0 Å². The fraction of sp³-hybridized carbons (Fsp3) is 0.286. The smallest absolute Gasteiger partial charge is 0.194 e. The van der Waals surface area contributed by atoms with Crippen molar-refractivity contribution in [3.05, 3.63) is 52.6 Å². The average Bonchev–Trinajstić information content (AvgIpc) is 2.92. The summed E-state index contributed by atoms with van der Waals surface area (Å²) < 4.78 is 2.24. The molecule has 98 valence electrons. The fourth-order valence-electron chi connectivity index (χ4n) is 2.20. The van der Waals surface area contributed by atoms with Crippen LogP contribution >= 0.6 is 11.3 Å². The van der Waals surface area contributed by atoms with E-state index in [-0.39, 0.29) is 0 Å². The first-order valence-electron chi connectivity index (χ1n) is 6.27. The Bertz CT molecular complexity index is 684. The first-order chi connectivity index (χ1) is 9.25. The van der Waals surface area contributed by atoms with Crippen LogP contribution in [0.2, 0.25) is 0 Å². The van der Waals surface area contributed by atoms with E-state index >= 15 is 0 Å². The molecule has 0 radical (unpaired) electrons. The van der Waals surface area contributed by atoms with Crippen molar-refractivity contribution in [3.8, 4) is 0 Å². The van der Waals surface area contributed by atoms with Crippen LogP contribution < -0.4 is 5.32 Å². The van der Waals surface area contributed by atoms with E-state index in [0.29, 0.717) is 0 Å². The third-order valence-corrected chi connectivity index (χ3v) is 4.14. The SMILES string of the molecule is Cc1nc2scc(C)n2c1CNCc1ccncc1. The van der Waals surface area contributed by atoms with Gasteiger partial charge in [0.1, 0.15) is 0 Å². The molecule has 0 aliphatic carbocycles. The summed E-state index contributed by atoms with van der Waals surface area (Å²) in [6.45, 7) is 5.87. The normalized spacial score (nSPS) is 11.3. The molecule has 3 heterocycles. The quantitative estimate of drug-likeness (QED) is 0.794. The standard InChI is InChI=1S/C14H16N4S/c1-10-9-19-14-17-11(2)13(18(10)14)8-16-7-12-3-5-15-6-4-12/h3-6,9,16H,7-8H2,1-2H3. The molecule has 3 aromatic rings. The van der Waals surface area contributed by atoms with E-state index < -0.39 is 0 Å². The number of nitrogens with one attached hydrogen (secondary N) is 1. The van der Waals surface area contributed by atoms with E-state index in [9.17, 15) is 0 Å². The fourth-order valence-corrected chi connectivity index (χ4v) is 3.13. The number of hydrogen-bond acceptors (Lipinski definition) is 4. The molecule has 0 saturated heterocycles. The number of thiazole rings is 1. The largest absolute Gasteiger partial charge is 0.307 e. The molecule has 0 bridgehead atoms. The Hall–Kier alpha value is -1.72. The number of imidazole rings is 1. The van der Waals surface area contributed by atoms with Gasteiger partial charge in [-0.1, -0.05) is 0 Å². The van der Waals surface area contributed by atoms with E-state index in [1.165, 1.54) is 17.0 Å². The number of aromatic nitrogens is 3. The highest BCUT2D eigenvalue weighted by Gasteiger charge is 2.11. The predicted octanol–water partition coefficient (Wildman–Crippen LogP) is 2.70. The summed E-state index contributed by atoms with van der Waals surface area (Å²) >= 11 is 1.69. The van der Waals surface area contributed by atoms with Gasteiger partial charge in [0.2, 0.25) is 0 Å². The maximum absolute atomic E-state index is 4.59. The Balaban J connectivity index is 1.75. The number of pyridine rings is 1. The molecular weight excluding hydrogens is 256 g/mol. The zero-order valence-electron chi connectivity index (χ0n) is 11.1. The molecule has 5 heteroatoms. The molecule has 1 N–H and O–H groups in total. The molecule has 0 aromatic carbocycles. The van der Waals surface area contributed by atoms with Gasteiger partial charge in [-0.3, -0.25) is 9.38 Å². The molecule has 19 heavy (non-hydrogen) atoms. The molecule has 0 saturated carbocycles. The Morgan fingerprint density at radius 2 is 2.00 bits per heavy atom. The minimum Gasteiger partial charge on any atom is -0.307 e. The third-order valence-electron chi connectivity index (χ3n) is 3.20. The van der Waals surface area contributed by atoms with Gasteiger partial charge in [0.15, 0.2) is 4.96 Å². The van der Waals surface area contributed by atoms with Gasteiger partial charge in [0.05, 0.1) is 11.4 Å². The van der Waals surface area contributed by atoms with Crippen LogP contribution in [0.3, 0.4) is 0 Å². The summed E-state index contributed by atoms with van der Waals surface area (Å²) in [6, 6.07) is 4.06. The van der Waals surface area contributed by atoms with Crippen LogP contribution in [0.15, 0.2) is 29.9 Å². The Labute approximate surface area is 116 Å². The Morgan fingerprint density at radius 3 is 2.79 bits per heavy atom. The summed E-state index contributed by atoms with van der Waals surface area (Å²) in [4.78, 5) is 9.69. The van der Waals surface area contributed by atoms with Crippen LogP contribution in [0.25, 0.3) is 4.96 Å². The zero-order chi connectivity index (χ0) is 13.2. The first-order valence-corrected chi connectivity index (χ1v) is 7.15. The molecule has 3 rings (SSSR count). The summed E-state index contributed by atoms with van der Waals surface area (Å²) in [5, 5.41) is 5.62. The van der Waals surface area contributed by atoms with E-state index in [0.717, 1.165) is 23.7 Å². The van der Waals surface area contributed by atoms with Gasteiger partial charge in [-0.25, -0.2) is 4.98 Å². The maximum Gasteiger partial charge on any atom is 0.194 e. The van der Waals surface area contributed by atoms with Gasteiger partial charge < -0.3 is 5.32 Å². The third kappa shape index (κ3) is 2.39. The van der Waals surface area contributed by atoms with Crippen molar-refractivity contribution in [3.63, 3.8) is 0 Å². The van der Waals surface area contributed by atoms with Gasteiger partial charge in [-0.2, -0.15) is 0 Å². The molecule has 0 unspecified atom stereocenters. The molecule has 0 amide bonds. The van der Waals surface area contributed by atoms with E-state index in [1.807, 2.05) is 24.5 Å². The van der Waals surface area contributed by atoms with Gasteiger partial charge in [0.25, 0.3) is 0 Å². The molecule has 0 fully saturated rings. The van der Waals surface area contributed by atoms with Gasteiger partial charge >= 0.3 is 0 Å². The molecule has 4 nitrogen and oxygen atoms in total. The Morgan fingerprint density at radius 1 is 1.21 bits per heavy atom. The predicted molar refractivity (Wildman–Crippen MR) is 77.3 cm³/mol. The van der Waals surface area contributed by atoms with Crippen LogP contribution in [0.4, 0.5) is 0 Å². The first kappa shape index (κ1) is 12.3.